The Bertz CT molecular complexity index is 333. The third kappa shape index (κ3) is 2.60. The van der Waals surface area contributed by atoms with Gasteiger partial charge in [0.05, 0.1) is 13.3 Å². The van der Waals surface area contributed by atoms with Crippen LogP contribution in [0.15, 0.2) is 12.3 Å². The smallest absolute Gasteiger partial charge is 0.356 e. The summed E-state index contributed by atoms with van der Waals surface area (Å²) in [5.74, 6) is 0.134. The molecule has 0 aliphatic rings. The largest absolute Gasteiger partial charge is 0.464 e. The van der Waals surface area contributed by atoms with Crippen LogP contribution in [0.2, 0.25) is 0 Å². The van der Waals surface area contributed by atoms with Crippen molar-refractivity contribution in [3.05, 3.63) is 23.5 Å². The zero-order valence-electron chi connectivity index (χ0n) is 7.79. The van der Waals surface area contributed by atoms with E-state index in [0.29, 0.717) is 17.1 Å². The number of hydrogen-bond acceptors (Lipinski definition) is 3. The monoisotopic (exact) mass is 214 g/mol. The van der Waals surface area contributed by atoms with Gasteiger partial charge in [0.2, 0.25) is 0 Å². The summed E-state index contributed by atoms with van der Waals surface area (Å²) in [6.07, 6.45) is 5.99. The number of allylic oxidation sites excluding steroid dienone is 1. The van der Waals surface area contributed by atoms with Gasteiger partial charge in [-0.15, -0.1) is 11.6 Å². The van der Waals surface area contributed by atoms with Crippen molar-refractivity contribution < 1.29 is 9.53 Å². The quantitative estimate of drug-likeness (QED) is 0.615. The van der Waals surface area contributed by atoms with Gasteiger partial charge in [-0.3, -0.25) is 5.10 Å². The van der Waals surface area contributed by atoms with Crippen LogP contribution in [-0.4, -0.2) is 29.2 Å². The minimum absolute atomic E-state index is 0.360. The van der Waals surface area contributed by atoms with Crippen LogP contribution in [0.3, 0.4) is 0 Å². The molecule has 0 saturated carbocycles. The van der Waals surface area contributed by atoms with Crippen LogP contribution in [0.1, 0.15) is 22.5 Å². The summed E-state index contributed by atoms with van der Waals surface area (Å²) in [5.41, 5.74) is 1.07. The van der Waals surface area contributed by atoms with Gasteiger partial charge < -0.3 is 4.74 Å². The lowest BCUT2D eigenvalue weighted by Gasteiger charge is -1.95. The van der Waals surface area contributed by atoms with Gasteiger partial charge in [0.25, 0.3) is 0 Å². The highest BCUT2D eigenvalue weighted by molar-refractivity contribution is 6.17. The topological polar surface area (TPSA) is 55.0 Å². The third-order valence-corrected chi connectivity index (χ3v) is 1.85. The van der Waals surface area contributed by atoms with E-state index >= 15 is 0 Å². The standard InChI is InChI=1S/C9H11ClN2O2/c1-14-9(13)8-7(6-11-12-8)4-2-3-5-10/h2,4,6H,3,5H2,1H3,(H,11,12). The van der Waals surface area contributed by atoms with Crippen LogP contribution in [0.5, 0.6) is 0 Å². The lowest BCUT2D eigenvalue weighted by atomic mass is 10.2. The summed E-state index contributed by atoms with van der Waals surface area (Å²) in [6.45, 7) is 0. The van der Waals surface area contributed by atoms with Crippen molar-refractivity contribution in [2.24, 2.45) is 0 Å². The van der Waals surface area contributed by atoms with Crippen LogP contribution >= 0.6 is 11.6 Å². The summed E-state index contributed by atoms with van der Waals surface area (Å²) in [6, 6.07) is 0. The Kier molecular flexibility index (Phi) is 4.19. The number of halogens is 1. The van der Waals surface area contributed by atoms with Gasteiger partial charge in [-0.2, -0.15) is 5.10 Å². The van der Waals surface area contributed by atoms with Gasteiger partial charge in [-0.1, -0.05) is 12.2 Å². The maximum absolute atomic E-state index is 11.2. The van der Waals surface area contributed by atoms with Crippen LogP contribution in [-0.2, 0) is 4.74 Å². The summed E-state index contributed by atoms with van der Waals surface area (Å²) in [4.78, 5) is 11.2. The zero-order valence-corrected chi connectivity index (χ0v) is 8.54. The molecule has 0 fully saturated rings. The van der Waals surface area contributed by atoms with Gasteiger partial charge >= 0.3 is 5.97 Å². The first-order chi connectivity index (χ1) is 6.79. The molecule has 1 heterocycles. The molecule has 0 bridgehead atoms. The van der Waals surface area contributed by atoms with Gasteiger partial charge in [0.15, 0.2) is 5.69 Å². The molecule has 5 heteroatoms. The number of nitrogens with zero attached hydrogens (tertiary/aromatic N) is 1. The number of aromatic amines is 1. The van der Waals surface area contributed by atoms with Crippen molar-refractivity contribution in [3.8, 4) is 0 Å². The maximum Gasteiger partial charge on any atom is 0.356 e. The fraction of sp³-hybridized carbons (Fsp3) is 0.333. The second-order valence-corrected chi connectivity index (χ2v) is 2.95. The van der Waals surface area contributed by atoms with Crippen molar-refractivity contribution in [3.63, 3.8) is 0 Å². The SMILES string of the molecule is COC(=O)c1[nH]ncc1C=CCCCl. The molecule has 1 aromatic heterocycles. The van der Waals surface area contributed by atoms with Gasteiger partial charge in [0.1, 0.15) is 0 Å². The fourth-order valence-electron chi connectivity index (χ4n) is 0.961. The molecule has 0 atom stereocenters. The average molecular weight is 215 g/mol. The Morgan fingerprint density at radius 3 is 3.21 bits per heavy atom. The van der Waals surface area contributed by atoms with E-state index in [1.54, 1.807) is 12.3 Å². The first kappa shape index (κ1) is 10.8. The second kappa shape index (κ2) is 5.44. The molecule has 0 saturated heterocycles. The summed E-state index contributed by atoms with van der Waals surface area (Å²) >= 11 is 5.50. The molecule has 1 aromatic rings. The molecule has 0 aliphatic heterocycles. The summed E-state index contributed by atoms with van der Waals surface area (Å²) < 4.78 is 4.57. The van der Waals surface area contributed by atoms with Crippen LogP contribution in [0.4, 0.5) is 0 Å². The predicted octanol–water partition coefficient (Wildman–Crippen LogP) is 1.84. The number of carbonyl (C=O) groups excluding carboxylic acids is 1. The molecule has 0 aromatic carbocycles. The highest BCUT2D eigenvalue weighted by Crippen LogP contribution is 2.08. The molecule has 0 aliphatic carbocycles. The Morgan fingerprint density at radius 1 is 1.79 bits per heavy atom. The zero-order chi connectivity index (χ0) is 10.4. The maximum atomic E-state index is 11.2. The number of nitrogens with one attached hydrogen (secondary N) is 1. The Hall–Kier alpha value is -1.29. The number of methoxy groups -OCH3 is 1. The highest BCUT2D eigenvalue weighted by Gasteiger charge is 2.11. The van der Waals surface area contributed by atoms with E-state index < -0.39 is 5.97 Å². The number of esters is 1. The number of aromatic nitrogens is 2. The molecular weight excluding hydrogens is 204 g/mol. The minimum atomic E-state index is -0.423. The molecule has 76 valence electrons. The Morgan fingerprint density at radius 2 is 2.57 bits per heavy atom. The lowest BCUT2D eigenvalue weighted by molar-refractivity contribution is 0.0594. The normalized spacial score (nSPS) is 10.7. The number of carbonyl (C=O) groups is 1. The van der Waals surface area contributed by atoms with Crippen molar-refractivity contribution in [1.82, 2.24) is 10.2 Å². The lowest BCUT2D eigenvalue weighted by Crippen LogP contribution is -2.03. The first-order valence-electron chi connectivity index (χ1n) is 4.13. The van der Waals surface area contributed by atoms with E-state index in [0.717, 1.165) is 6.42 Å². The average Bonchev–Trinajstić information content (AvgIpc) is 2.65. The third-order valence-electron chi connectivity index (χ3n) is 1.63. The molecule has 14 heavy (non-hydrogen) atoms. The number of H-pyrrole nitrogens is 1. The fourth-order valence-corrected chi connectivity index (χ4v) is 1.09. The molecule has 0 spiro atoms. The number of hydrogen-bond donors (Lipinski definition) is 1. The first-order valence-corrected chi connectivity index (χ1v) is 4.67. The molecule has 0 amide bonds. The molecule has 1 N–H and O–H groups in total. The van der Waals surface area contributed by atoms with Crippen molar-refractivity contribution >= 4 is 23.6 Å². The van der Waals surface area contributed by atoms with E-state index in [9.17, 15) is 4.79 Å². The molecule has 4 nitrogen and oxygen atoms in total. The number of alkyl halides is 1. The van der Waals surface area contributed by atoms with Crippen LogP contribution in [0, 0.1) is 0 Å². The summed E-state index contributed by atoms with van der Waals surface area (Å²) in [7, 11) is 1.33. The van der Waals surface area contributed by atoms with E-state index in [2.05, 4.69) is 14.9 Å². The molecule has 0 unspecified atom stereocenters. The Labute approximate surface area is 86.9 Å². The van der Waals surface area contributed by atoms with Gasteiger partial charge in [-0.05, 0) is 6.42 Å². The van der Waals surface area contributed by atoms with E-state index in [4.69, 9.17) is 11.6 Å². The second-order valence-electron chi connectivity index (χ2n) is 2.57. The number of ether oxygens (including phenoxy) is 1. The molecular formula is C9H11ClN2O2. The van der Waals surface area contributed by atoms with Crippen molar-refractivity contribution in [2.45, 2.75) is 6.42 Å². The van der Waals surface area contributed by atoms with Crippen LogP contribution < -0.4 is 0 Å². The molecule has 0 radical (unpaired) electrons. The van der Waals surface area contributed by atoms with E-state index in [1.165, 1.54) is 7.11 Å². The highest BCUT2D eigenvalue weighted by atomic mass is 35.5. The summed E-state index contributed by atoms with van der Waals surface area (Å²) in [5, 5.41) is 6.33. The van der Waals surface area contributed by atoms with Gasteiger partial charge in [0, 0.05) is 11.4 Å². The van der Waals surface area contributed by atoms with Crippen LogP contribution in [0.25, 0.3) is 6.08 Å². The number of rotatable bonds is 4. The van der Waals surface area contributed by atoms with Gasteiger partial charge in [-0.25, -0.2) is 4.79 Å². The molecule has 1 rings (SSSR count). The van der Waals surface area contributed by atoms with Crippen molar-refractivity contribution in [1.29, 1.82) is 0 Å². The van der Waals surface area contributed by atoms with E-state index in [-0.39, 0.29) is 0 Å². The van der Waals surface area contributed by atoms with Crippen molar-refractivity contribution in [2.75, 3.05) is 13.0 Å². The van der Waals surface area contributed by atoms with E-state index in [1.807, 2.05) is 6.08 Å². The predicted molar refractivity (Wildman–Crippen MR) is 54.3 cm³/mol. The minimum Gasteiger partial charge on any atom is -0.464 e. The Balaban J connectivity index is 2.77.